The highest BCUT2D eigenvalue weighted by Gasteiger charge is 2.37. The van der Waals surface area contributed by atoms with Crippen molar-refractivity contribution in [2.75, 3.05) is 17.4 Å². The summed E-state index contributed by atoms with van der Waals surface area (Å²) in [5.41, 5.74) is 8.62. The van der Waals surface area contributed by atoms with Crippen LogP contribution in [0.15, 0.2) is 65.4 Å². The second kappa shape index (κ2) is 5.77. The quantitative estimate of drug-likeness (QED) is 0.556. The number of nitrogens with zero attached hydrogens (tertiary/aromatic N) is 3. The van der Waals surface area contributed by atoms with Crippen molar-refractivity contribution in [2.45, 2.75) is 19.3 Å². The van der Waals surface area contributed by atoms with E-state index in [4.69, 9.17) is 0 Å². The number of para-hydroxylation sites is 3. The zero-order valence-corrected chi connectivity index (χ0v) is 14.6. The third-order valence-electron chi connectivity index (χ3n) is 4.81. The highest BCUT2D eigenvalue weighted by Crippen LogP contribution is 2.46. The van der Waals surface area contributed by atoms with Crippen LogP contribution in [0.5, 0.6) is 0 Å². The van der Waals surface area contributed by atoms with Gasteiger partial charge in [0.05, 0.1) is 11.0 Å². The summed E-state index contributed by atoms with van der Waals surface area (Å²) in [6, 6.07) is 16.4. The number of H-pyrrole nitrogens is 1. The van der Waals surface area contributed by atoms with Crippen LogP contribution in [0.3, 0.4) is 0 Å². The molecule has 0 unspecified atom stereocenters. The molecule has 2 N–H and O–H groups in total. The van der Waals surface area contributed by atoms with E-state index in [9.17, 15) is 0 Å². The summed E-state index contributed by atoms with van der Waals surface area (Å²) < 4.78 is 0. The highest BCUT2D eigenvalue weighted by atomic mass is 15.3. The number of aromatic nitrogens is 2. The van der Waals surface area contributed by atoms with Gasteiger partial charge in [0.25, 0.3) is 0 Å². The van der Waals surface area contributed by atoms with Crippen LogP contribution in [-0.2, 0) is 5.41 Å². The van der Waals surface area contributed by atoms with Gasteiger partial charge in [-0.05, 0) is 29.8 Å². The number of hydrogen-bond acceptors (Lipinski definition) is 4. The molecule has 0 aliphatic carbocycles. The van der Waals surface area contributed by atoms with Crippen LogP contribution in [0.1, 0.15) is 19.4 Å². The van der Waals surface area contributed by atoms with Gasteiger partial charge in [-0.15, -0.1) is 0 Å². The molecule has 0 radical (unpaired) electrons. The Bertz CT molecular complexity index is 947. The Morgan fingerprint density at radius 3 is 2.68 bits per heavy atom. The third-order valence-corrected chi connectivity index (χ3v) is 4.81. The number of allylic oxidation sites excluding steroid dienone is 2. The average Bonchev–Trinajstić information content (AvgIpc) is 3.11. The average molecular weight is 331 g/mol. The number of imidazole rings is 1. The summed E-state index contributed by atoms with van der Waals surface area (Å²) in [5.74, 6) is 0.637. The number of fused-ring (bicyclic) bond motifs is 2. The Labute approximate surface area is 147 Å². The van der Waals surface area contributed by atoms with Crippen molar-refractivity contribution < 1.29 is 0 Å². The molecule has 1 aliphatic rings. The molecular formula is C20H21N5. The van der Waals surface area contributed by atoms with E-state index in [2.05, 4.69) is 76.6 Å². The Morgan fingerprint density at radius 2 is 1.88 bits per heavy atom. The van der Waals surface area contributed by atoms with E-state index in [1.54, 1.807) is 6.21 Å². The molecule has 5 nitrogen and oxygen atoms in total. The molecule has 0 saturated heterocycles. The minimum absolute atomic E-state index is 0.0449. The third kappa shape index (κ3) is 2.58. The number of rotatable bonds is 3. The van der Waals surface area contributed by atoms with Gasteiger partial charge in [0, 0.05) is 30.1 Å². The summed E-state index contributed by atoms with van der Waals surface area (Å²) >= 11 is 0. The Kier molecular flexibility index (Phi) is 3.57. The van der Waals surface area contributed by atoms with Crippen molar-refractivity contribution >= 4 is 28.9 Å². The van der Waals surface area contributed by atoms with Crippen LogP contribution in [0.25, 0.3) is 11.0 Å². The second-order valence-corrected chi connectivity index (χ2v) is 6.75. The zero-order valence-electron chi connectivity index (χ0n) is 14.6. The summed E-state index contributed by atoms with van der Waals surface area (Å²) in [7, 11) is 2.10. The Balaban J connectivity index is 1.54. The van der Waals surface area contributed by atoms with Gasteiger partial charge in [0.15, 0.2) is 0 Å². The van der Waals surface area contributed by atoms with Crippen LogP contribution < -0.4 is 10.3 Å². The molecule has 3 aromatic rings. The molecule has 0 spiro atoms. The fourth-order valence-electron chi connectivity index (χ4n) is 3.51. The SMILES string of the molecule is CN1/C(=C\C=N\Nc2nc3ccccc3[nH]2)C(C)(C)c2ccccc21. The van der Waals surface area contributed by atoms with Gasteiger partial charge in [-0.2, -0.15) is 5.10 Å². The minimum Gasteiger partial charge on any atom is -0.347 e. The van der Waals surface area contributed by atoms with Crippen molar-refractivity contribution in [2.24, 2.45) is 5.10 Å². The van der Waals surface area contributed by atoms with Crippen molar-refractivity contribution in [3.8, 4) is 0 Å². The van der Waals surface area contributed by atoms with E-state index in [0.29, 0.717) is 5.95 Å². The van der Waals surface area contributed by atoms with Crippen LogP contribution in [0, 0.1) is 0 Å². The van der Waals surface area contributed by atoms with E-state index in [0.717, 1.165) is 11.0 Å². The largest absolute Gasteiger partial charge is 0.347 e. The molecule has 0 atom stereocenters. The number of hydrogen-bond donors (Lipinski definition) is 2. The van der Waals surface area contributed by atoms with Gasteiger partial charge in [0.2, 0.25) is 5.95 Å². The number of anilines is 2. The van der Waals surface area contributed by atoms with E-state index >= 15 is 0 Å². The molecule has 0 fully saturated rings. The van der Waals surface area contributed by atoms with E-state index in [1.165, 1.54) is 16.9 Å². The van der Waals surface area contributed by atoms with Crippen LogP contribution in [0.4, 0.5) is 11.6 Å². The van der Waals surface area contributed by atoms with E-state index in [-0.39, 0.29) is 5.41 Å². The molecule has 5 heteroatoms. The smallest absolute Gasteiger partial charge is 0.222 e. The number of aromatic amines is 1. The maximum absolute atomic E-state index is 4.45. The molecule has 1 aromatic heterocycles. The first kappa shape index (κ1) is 15.4. The second-order valence-electron chi connectivity index (χ2n) is 6.75. The van der Waals surface area contributed by atoms with Gasteiger partial charge in [-0.1, -0.05) is 44.2 Å². The fraction of sp³-hybridized carbons (Fsp3) is 0.200. The van der Waals surface area contributed by atoms with Gasteiger partial charge in [0.1, 0.15) is 0 Å². The van der Waals surface area contributed by atoms with E-state index in [1.807, 2.05) is 24.3 Å². The molecule has 2 heterocycles. The maximum atomic E-state index is 4.45. The molecule has 126 valence electrons. The predicted molar refractivity (Wildman–Crippen MR) is 104 cm³/mol. The first-order valence-corrected chi connectivity index (χ1v) is 8.35. The number of benzene rings is 2. The van der Waals surface area contributed by atoms with Gasteiger partial charge in [-0.3, -0.25) is 0 Å². The lowest BCUT2D eigenvalue weighted by molar-refractivity contribution is 0.641. The molecule has 0 saturated carbocycles. The van der Waals surface area contributed by atoms with Crippen molar-refractivity contribution in [1.82, 2.24) is 9.97 Å². The first-order chi connectivity index (χ1) is 12.1. The lowest BCUT2D eigenvalue weighted by atomic mass is 9.84. The standard InChI is InChI=1S/C20H21N5/c1-20(2)14-8-4-7-11-17(14)25(3)18(20)12-13-21-24-19-22-15-9-5-6-10-16(15)23-19/h4-13H,1-3H3,(H2,22,23,24)/b18-12-,21-13+. The lowest BCUT2D eigenvalue weighted by Gasteiger charge is -2.23. The van der Waals surface area contributed by atoms with Crippen LogP contribution in [-0.4, -0.2) is 23.2 Å². The molecular weight excluding hydrogens is 310 g/mol. The summed E-state index contributed by atoms with van der Waals surface area (Å²) in [5, 5.41) is 4.29. The number of likely N-dealkylation sites (N-methyl/N-ethyl adjacent to an activating group) is 1. The normalized spacial score (nSPS) is 17.6. The Hall–Kier alpha value is -3.08. The van der Waals surface area contributed by atoms with E-state index < -0.39 is 0 Å². The molecule has 1 aliphatic heterocycles. The van der Waals surface area contributed by atoms with Gasteiger partial charge >= 0.3 is 0 Å². The van der Waals surface area contributed by atoms with Crippen molar-refractivity contribution in [3.05, 3.63) is 65.9 Å². The monoisotopic (exact) mass is 331 g/mol. The predicted octanol–water partition coefficient (Wildman–Crippen LogP) is 4.27. The summed E-state index contributed by atoms with van der Waals surface area (Å²) in [6.07, 6.45) is 3.84. The zero-order chi connectivity index (χ0) is 17.4. The maximum Gasteiger partial charge on any atom is 0.222 e. The topological polar surface area (TPSA) is 56.3 Å². The minimum atomic E-state index is -0.0449. The molecule has 0 bridgehead atoms. The summed E-state index contributed by atoms with van der Waals surface area (Å²) in [6.45, 7) is 4.48. The molecule has 0 amide bonds. The highest BCUT2D eigenvalue weighted by molar-refractivity contribution is 5.80. The van der Waals surface area contributed by atoms with Gasteiger partial charge < -0.3 is 9.88 Å². The van der Waals surface area contributed by atoms with Crippen molar-refractivity contribution in [3.63, 3.8) is 0 Å². The summed E-state index contributed by atoms with van der Waals surface area (Å²) in [4.78, 5) is 9.87. The van der Waals surface area contributed by atoms with Gasteiger partial charge in [-0.25, -0.2) is 10.4 Å². The van der Waals surface area contributed by atoms with Crippen LogP contribution >= 0.6 is 0 Å². The number of nitrogens with one attached hydrogen (secondary N) is 2. The molecule has 2 aromatic carbocycles. The van der Waals surface area contributed by atoms with Crippen molar-refractivity contribution in [1.29, 1.82) is 0 Å². The Morgan fingerprint density at radius 1 is 1.12 bits per heavy atom. The number of hydrazone groups is 1. The molecule has 25 heavy (non-hydrogen) atoms. The molecule has 4 rings (SSSR count). The lowest BCUT2D eigenvalue weighted by Crippen LogP contribution is -2.23. The van der Waals surface area contributed by atoms with Crippen LogP contribution in [0.2, 0.25) is 0 Å². The fourth-order valence-corrected chi connectivity index (χ4v) is 3.51. The first-order valence-electron chi connectivity index (χ1n) is 8.35.